The predicted octanol–water partition coefficient (Wildman–Crippen LogP) is 0.785. The molecule has 16 heavy (non-hydrogen) atoms. The molecule has 3 atom stereocenters. The number of carboxylic acid groups (broad SMARTS) is 1. The first-order chi connectivity index (χ1) is 7.47. The smallest absolute Gasteiger partial charge is 0.317 e. The highest BCUT2D eigenvalue weighted by Gasteiger charge is 2.51. The number of aldehydes is 1. The number of nitrogens with zero attached hydrogens (tertiary/aromatic N) is 1. The third-order valence-corrected chi connectivity index (χ3v) is 3.33. The summed E-state index contributed by atoms with van der Waals surface area (Å²) in [5.74, 6) is -2.81. The van der Waals surface area contributed by atoms with Crippen molar-refractivity contribution in [1.29, 1.82) is 5.26 Å². The zero-order chi connectivity index (χ0) is 12.3. The van der Waals surface area contributed by atoms with E-state index in [9.17, 15) is 14.4 Å². The molecule has 0 aromatic heterocycles. The van der Waals surface area contributed by atoms with Crippen molar-refractivity contribution in [2.75, 3.05) is 0 Å². The molecule has 1 aliphatic carbocycles. The topological polar surface area (TPSA) is 95.2 Å². The van der Waals surface area contributed by atoms with E-state index in [-0.39, 0.29) is 24.5 Å². The molecule has 1 fully saturated rings. The summed E-state index contributed by atoms with van der Waals surface area (Å²) in [7, 11) is 0. The Morgan fingerprint density at radius 1 is 1.56 bits per heavy atom. The molecule has 0 aliphatic heterocycles. The first-order valence-corrected chi connectivity index (χ1v) is 5.07. The number of carbonyl (C=O) groups excluding carboxylic acids is 2. The second-order valence-electron chi connectivity index (χ2n) is 4.23. The molecule has 0 heterocycles. The molecule has 0 radical (unpaired) electrons. The Morgan fingerprint density at radius 3 is 2.56 bits per heavy atom. The standard InChI is InChI=1S/C11H13NO4/c1-7(14)9-4-8(5-12)2-3-11(9,6-13)10(15)16/h6,8-9H,2-4H2,1H3,(H,15,16). The molecule has 1 rings (SSSR count). The summed E-state index contributed by atoms with van der Waals surface area (Å²) in [6.45, 7) is 1.27. The van der Waals surface area contributed by atoms with Crippen molar-refractivity contribution >= 4 is 18.0 Å². The summed E-state index contributed by atoms with van der Waals surface area (Å²) in [5.41, 5.74) is -1.63. The highest BCUT2D eigenvalue weighted by Crippen LogP contribution is 2.42. The highest BCUT2D eigenvalue weighted by atomic mass is 16.4. The molecule has 0 aromatic rings. The molecule has 1 aliphatic rings. The molecule has 5 heteroatoms. The van der Waals surface area contributed by atoms with Gasteiger partial charge in [-0.1, -0.05) is 0 Å². The molecule has 5 nitrogen and oxygen atoms in total. The van der Waals surface area contributed by atoms with Gasteiger partial charge in [0.2, 0.25) is 0 Å². The Morgan fingerprint density at radius 2 is 2.19 bits per heavy atom. The maximum absolute atomic E-state index is 11.4. The van der Waals surface area contributed by atoms with Gasteiger partial charge in [-0.25, -0.2) is 0 Å². The van der Waals surface area contributed by atoms with Crippen molar-refractivity contribution in [2.24, 2.45) is 17.3 Å². The monoisotopic (exact) mass is 223 g/mol. The molecule has 0 aromatic carbocycles. The summed E-state index contributed by atoms with van der Waals surface area (Å²) in [5, 5.41) is 17.9. The number of hydrogen-bond donors (Lipinski definition) is 1. The summed E-state index contributed by atoms with van der Waals surface area (Å²) in [6, 6.07) is 2.03. The lowest BCUT2D eigenvalue weighted by molar-refractivity contribution is -0.161. The van der Waals surface area contributed by atoms with E-state index in [1.54, 1.807) is 0 Å². The molecule has 3 unspecified atom stereocenters. The van der Waals surface area contributed by atoms with Crippen LogP contribution < -0.4 is 0 Å². The van der Waals surface area contributed by atoms with E-state index in [1.807, 2.05) is 6.07 Å². The summed E-state index contributed by atoms with van der Waals surface area (Å²) in [4.78, 5) is 33.6. The van der Waals surface area contributed by atoms with Gasteiger partial charge >= 0.3 is 5.97 Å². The normalized spacial score (nSPS) is 33.8. The summed E-state index contributed by atoms with van der Waals surface area (Å²) >= 11 is 0. The van der Waals surface area contributed by atoms with Crippen molar-refractivity contribution in [1.82, 2.24) is 0 Å². The zero-order valence-corrected chi connectivity index (χ0v) is 8.97. The fourth-order valence-electron chi connectivity index (χ4n) is 2.29. The van der Waals surface area contributed by atoms with Crippen LogP contribution in [-0.4, -0.2) is 23.1 Å². The number of ketones is 1. The number of Topliss-reactive ketones (excluding diaryl/α,β-unsaturated/α-hetero) is 1. The van der Waals surface area contributed by atoms with Crippen LogP contribution in [0.25, 0.3) is 0 Å². The van der Waals surface area contributed by atoms with Gasteiger partial charge in [-0.2, -0.15) is 5.26 Å². The van der Waals surface area contributed by atoms with Crippen LogP contribution in [0.5, 0.6) is 0 Å². The first kappa shape index (κ1) is 12.4. The minimum absolute atomic E-state index is 0.0638. The minimum atomic E-state index is -1.63. The van der Waals surface area contributed by atoms with Gasteiger partial charge in [-0.3, -0.25) is 9.59 Å². The summed E-state index contributed by atoms with van der Waals surface area (Å²) < 4.78 is 0. The maximum Gasteiger partial charge on any atom is 0.317 e. The van der Waals surface area contributed by atoms with Crippen LogP contribution in [0.3, 0.4) is 0 Å². The van der Waals surface area contributed by atoms with Crippen molar-refractivity contribution in [2.45, 2.75) is 26.2 Å². The Bertz CT molecular complexity index is 371. The van der Waals surface area contributed by atoms with E-state index in [1.165, 1.54) is 6.92 Å². The Hall–Kier alpha value is -1.70. The predicted molar refractivity (Wildman–Crippen MR) is 53.3 cm³/mol. The Balaban J connectivity index is 3.09. The van der Waals surface area contributed by atoms with Gasteiger partial charge in [0.05, 0.1) is 6.07 Å². The van der Waals surface area contributed by atoms with Crippen LogP contribution in [0, 0.1) is 28.6 Å². The fraction of sp³-hybridized carbons (Fsp3) is 0.636. The molecule has 1 saturated carbocycles. The van der Waals surface area contributed by atoms with Gasteiger partial charge in [-0.15, -0.1) is 0 Å². The van der Waals surface area contributed by atoms with Crippen LogP contribution in [0.1, 0.15) is 26.2 Å². The largest absolute Gasteiger partial charge is 0.480 e. The lowest BCUT2D eigenvalue weighted by Crippen LogP contribution is -2.47. The summed E-state index contributed by atoms with van der Waals surface area (Å²) in [6.07, 6.45) is 0.936. The van der Waals surface area contributed by atoms with Gasteiger partial charge < -0.3 is 9.90 Å². The van der Waals surface area contributed by atoms with E-state index >= 15 is 0 Å². The molecule has 0 spiro atoms. The third kappa shape index (κ3) is 1.83. The van der Waals surface area contributed by atoms with Crippen molar-refractivity contribution < 1.29 is 19.5 Å². The van der Waals surface area contributed by atoms with Gasteiger partial charge in [-0.05, 0) is 26.2 Å². The van der Waals surface area contributed by atoms with Crippen LogP contribution in [0.15, 0.2) is 0 Å². The van der Waals surface area contributed by atoms with Gasteiger partial charge in [0.25, 0.3) is 0 Å². The lowest BCUT2D eigenvalue weighted by Gasteiger charge is -2.36. The van der Waals surface area contributed by atoms with E-state index in [0.29, 0.717) is 12.7 Å². The molecule has 86 valence electrons. The van der Waals surface area contributed by atoms with Crippen molar-refractivity contribution in [3.05, 3.63) is 0 Å². The van der Waals surface area contributed by atoms with Gasteiger partial charge in [0, 0.05) is 11.8 Å². The first-order valence-electron chi connectivity index (χ1n) is 5.07. The van der Waals surface area contributed by atoms with Crippen LogP contribution in [-0.2, 0) is 14.4 Å². The molecule has 0 amide bonds. The zero-order valence-electron chi connectivity index (χ0n) is 8.97. The number of carbonyl (C=O) groups is 3. The van der Waals surface area contributed by atoms with E-state index in [0.717, 1.165) is 0 Å². The number of nitriles is 1. The number of carboxylic acids is 1. The molecular weight excluding hydrogens is 210 g/mol. The van der Waals surface area contributed by atoms with Crippen molar-refractivity contribution in [3.8, 4) is 6.07 Å². The Labute approximate surface area is 93.1 Å². The fourth-order valence-corrected chi connectivity index (χ4v) is 2.29. The second kappa shape index (κ2) is 4.44. The van der Waals surface area contributed by atoms with E-state index < -0.39 is 17.3 Å². The minimum Gasteiger partial charge on any atom is -0.480 e. The number of hydrogen-bond acceptors (Lipinski definition) is 4. The Kier molecular flexibility index (Phi) is 3.43. The molecular formula is C11H13NO4. The molecule has 1 N–H and O–H groups in total. The van der Waals surface area contributed by atoms with Crippen LogP contribution >= 0.6 is 0 Å². The highest BCUT2D eigenvalue weighted by molar-refractivity contribution is 5.98. The number of rotatable bonds is 3. The lowest BCUT2D eigenvalue weighted by atomic mass is 9.63. The quantitative estimate of drug-likeness (QED) is 0.563. The van der Waals surface area contributed by atoms with E-state index in [4.69, 9.17) is 10.4 Å². The van der Waals surface area contributed by atoms with Gasteiger partial charge in [0.1, 0.15) is 17.5 Å². The van der Waals surface area contributed by atoms with Crippen LogP contribution in [0.4, 0.5) is 0 Å². The average molecular weight is 223 g/mol. The maximum atomic E-state index is 11.4. The van der Waals surface area contributed by atoms with Crippen molar-refractivity contribution in [3.63, 3.8) is 0 Å². The number of aliphatic carboxylic acids is 1. The second-order valence-corrected chi connectivity index (χ2v) is 4.23. The third-order valence-electron chi connectivity index (χ3n) is 3.33. The van der Waals surface area contributed by atoms with Gasteiger partial charge in [0.15, 0.2) is 0 Å². The average Bonchev–Trinajstić information content (AvgIpc) is 2.27. The van der Waals surface area contributed by atoms with E-state index in [2.05, 4.69) is 0 Å². The molecule has 0 bridgehead atoms. The van der Waals surface area contributed by atoms with Crippen LogP contribution in [0.2, 0.25) is 0 Å². The molecule has 0 saturated heterocycles. The SMILES string of the molecule is CC(=O)C1CC(C#N)CCC1(C=O)C(=O)O.